The summed E-state index contributed by atoms with van der Waals surface area (Å²) in [5, 5.41) is 28.4. The summed E-state index contributed by atoms with van der Waals surface area (Å²) in [6, 6.07) is 16.6. The van der Waals surface area contributed by atoms with Crippen molar-refractivity contribution >= 4 is 40.1 Å². The number of ether oxygens (including phenoxy) is 3. The Morgan fingerprint density at radius 2 is 1.07 bits per heavy atom. The maximum atomic E-state index is 12.4. The van der Waals surface area contributed by atoms with Crippen LogP contribution in [0, 0.1) is 10.1 Å². The number of likely N-dealkylation sites (N-methyl/N-ethyl adjacent to an activating group) is 1. The third kappa shape index (κ3) is 20.0. The van der Waals surface area contributed by atoms with Crippen LogP contribution in [0.1, 0.15) is 123 Å². The van der Waals surface area contributed by atoms with Gasteiger partial charge in [0.1, 0.15) is 42.7 Å². The van der Waals surface area contributed by atoms with Gasteiger partial charge < -0.3 is 30.6 Å². The predicted octanol–water partition coefficient (Wildman–Crippen LogP) is 12.1. The number of benzene rings is 3. The molecule has 14 nitrogen and oxygen atoms in total. The van der Waals surface area contributed by atoms with Gasteiger partial charge in [0, 0.05) is 56.0 Å². The van der Waals surface area contributed by atoms with E-state index < -0.39 is 4.92 Å². The lowest BCUT2D eigenvalue weighted by Gasteiger charge is -2.23. The number of azo groups is 2. The van der Waals surface area contributed by atoms with Crippen LogP contribution in [0.25, 0.3) is 0 Å². The van der Waals surface area contributed by atoms with Crippen LogP contribution in [0.2, 0.25) is 0 Å². The lowest BCUT2D eigenvalue weighted by atomic mass is 10.0. The number of carbonyl (C=O) groups is 1. The molecule has 0 radical (unpaired) electrons. The summed E-state index contributed by atoms with van der Waals surface area (Å²) < 4.78 is 17.3. The number of nitro benzene ring substituents is 1. The topological polar surface area (TPSA) is 193 Å². The van der Waals surface area contributed by atoms with Gasteiger partial charge in [0.25, 0.3) is 5.69 Å². The first-order valence-electron chi connectivity index (χ1n) is 21.8. The second kappa shape index (κ2) is 30.1. The van der Waals surface area contributed by atoms with E-state index >= 15 is 0 Å². The van der Waals surface area contributed by atoms with Crippen molar-refractivity contribution in [3.8, 4) is 11.5 Å². The minimum Gasteiger partial charge on any atom is -0.490 e. The summed E-state index contributed by atoms with van der Waals surface area (Å²) in [5.41, 5.74) is 14.1. The molecule has 3 aromatic carbocycles. The van der Waals surface area contributed by atoms with Crippen molar-refractivity contribution in [2.45, 2.75) is 123 Å². The Morgan fingerprint density at radius 1 is 0.627 bits per heavy atom. The molecule has 0 heterocycles. The van der Waals surface area contributed by atoms with E-state index in [0.717, 1.165) is 25.1 Å². The van der Waals surface area contributed by atoms with Crippen molar-refractivity contribution < 1.29 is 23.9 Å². The number of nitrogens with two attached hydrogens (primary N) is 2. The third-order valence-corrected chi connectivity index (χ3v) is 9.85. The van der Waals surface area contributed by atoms with Gasteiger partial charge in [-0.25, -0.2) is 0 Å². The molecule has 14 heteroatoms. The minimum absolute atomic E-state index is 0.0473. The van der Waals surface area contributed by atoms with E-state index in [1.807, 2.05) is 24.3 Å². The summed E-state index contributed by atoms with van der Waals surface area (Å²) in [5.74, 6) is 0.596. The molecule has 0 amide bonds. The molecule has 0 fully saturated rings. The Morgan fingerprint density at radius 3 is 1.49 bits per heavy atom. The lowest BCUT2D eigenvalue weighted by Crippen LogP contribution is -2.27. The molecule has 4 N–H and O–H groups in total. The van der Waals surface area contributed by atoms with Crippen LogP contribution >= 0.6 is 0 Å². The van der Waals surface area contributed by atoms with Crippen LogP contribution in [-0.4, -0.2) is 56.9 Å². The summed E-state index contributed by atoms with van der Waals surface area (Å²) in [6.07, 6.45) is 21.4. The average molecular weight is 817 g/mol. The van der Waals surface area contributed by atoms with Gasteiger partial charge >= 0.3 is 5.97 Å². The van der Waals surface area contributed by atoms with E-state index in [1.165, 1.54) is 114 Å². The number of carbonyl (C=O) groups excluding carboxylic acids is 1. The molecular formula is C45H68N8O6. The molecule has 0 saturated heterocycles. The van der Waals surface area contributed by atoms with Gasteiger partial charge in [0.05, 0.1) is 22.8 Å². The maximum absolute atomic E-state index is 12.4. The van der Waals surface area contributed by atoms with Crippen molar-refractivity contribution in [1.82, 2.24) is 0 Å². The van der Waals surface area contributed by atoms with Crippen molar-refractivity contribution in [3.05, 3.63) is 70.8 Å². The molecule has 0 unspecified atom stereocenters. The number of esters is 1. The monoisotopic (exact) mass is 817 g/mol. The fourth-order valence-electron chi connectivity index (χ4n) is 6.49. The van der Waals surface area contributed by atoms with Crippen LogP contribution in [0.3, 0.4) is 0 Å². The first-order chi connectivity index (χ1) is 28.9. The van der Waals surface area contributed by atoms with Crippen LogP contribution in [0.15, 0.2) is 81.1 Å². The quantitative estimate of drug-likeness (QED) is 0.0198. The largest absolute Gasteiger partial charge is 0.490 e. The number of non-ortho nitro benzene ring substituents is 1. The lowest BCUT2D eigenvalue weighted by molar-refractivity contribution is -0.384. The van der Waals surface area contributed by atoms with Crippen LogP contribution in [-0.2, 0) is 9.53 Å². The van der Waals surface area contributed by atoms with Crippen molar-refractivity contribution in [2.75, 3.05) is 50.9 Å². The number of rotatable bonds is 33. The summed E-state index contributed by atoms with van der Waals surface area (Å²) in [7, 11) is 0. The number of hydrogen-bond donors (Lipinski definition) is 2. The molecule has 324 valence electrons. The van der Waals surface area contributed by atoms with E-state index in [0.29, 0.717) is 53.8 Å². The summed E-state index contributed by atoms with van der Waals surface area (Å²) in [6.45, 7) is 6.98. The minimum atomic E-state index is -0.480. The van der Waals surface area contributed by atoms with Gasteiger partial charge in [-0.3, -0.25) is 14.9 Å². The van der Waals surface area contributed by atoms with Crippen LogP contribution < -0.4 is 25.8 Å². The molecule has 0 aromatic heterocycles. The fraction of sp³-hybridized carbons (Fsp3) is 0.578. The number of nitro groups is 1. The molecule has 0 bridgehead atoms. The van der Waals surface area contributed by atoms with E-state index in [-0.39, 0.29) is 38.0 Å². The number of unbranched alkanes of at least 4 members (excludes halogenated alkanes) is 15. The van der Waals surface area contributed by atoms with Gasteiger partial charge in [-0.2, -0.15) is 10.2 Å². The first kappa shape index (κ1) is 48.4. The molecule has 0 spiro atoms. The normalized spacial score (nSPS) is 11.4. The van der Waals surface area contributed by atoms with Gasteiger partial charge in [-0.15, -0.1) is 10.2 Å². The molecule has 3 rings (SSSR count). The van der Waals surface area contributed by atoms with E-state index in [9.17, 15) is 14.9 Å². The van der Waals surface area contributed by atoms with E-state index in [4.69, 9.17) is 25.7 Å². The standard InChI is InChI=1S/C45H68N8O6/c1-3-5-6-7-8-9-10-11-12-13-14-15-16-17-18-19-20-45(54)59-34-31-52(4-2)39-25-21-37(22-26-39)48-50-41-35-44(58-33-30-47)42(36-43(41)57-32-29-46)51-49-38-23-27-40(28-24-38)53(55)56/h21-28,35-36H,3-20,29-34,46-47H2,1-2H3. The molecular weight excluding hydrogens is 749 g/mol. The van der Waals surface area contributed by atoms with Crippen molar-refractivity contribution in [1.29, 1.82) is 0 Å². The molecule has 59 heavy (non-hydrogen) atoms. The Kier molecular flexibility index (Phi) is 24.7. The Bertz CT molecular complexity index is 1670. The smallest absolute Gasteiger partial charge is 0.305 e. The van der Waals surface area contributed by atoms with Crippen molar-refractivity contribution in [2.24, 2.45) is 31.9 Å². The highest BCUT2D eigenvalue weighted by molar-refractivity contribution is 5.69. The molecule has 0 atom stereocenters. The highest BCUT2D eigenvalue weighted by atomic mass is 16.6. The second-order valence-corrected chi connectivity index (χ2v) is 14.6. The predicted molar refractivity (Wildman–Crippen MR) is 236 cm³/mol. The zero-order chi connectivity index (χ0) is 42.3. The fourth-order valence-corrected chi connectivity index (χ4v) is 6.49. The van der Waals surface area contributed by atoms with Gasteiger partial charge in [-0.1, -0.05) is 103 Å². The second-order valence-electron chi connectivity index (χ2n) is 14.6. The Hall–Kier alpha value is -4.95. The molecule has 0 aliphatic rings. The van der Waals surface area contributed by atoms with E-state index in [1.54, 1.807) is 12.1 Å². The highest BCUT2D eigenvalue weighted by Gasteiger charge is 2.14. The Balaban J connectivity index is 1.43. The number of hydrogen-bond acceptors (Lipinski definition) is 13. The number of nitrogens with zero attached hydrogens (tertiary/aromatic N) is 6. The molecule has 0 saturated carbocycles. The zero-order valence-corrected chi connectivity index (χ0v) is 35.5. The van der Waals surface area contributed by atoms with Gasteiger partial charge in [-0.05, 0) is 49.7 Å². The first-order valence-corrected chi connectivity index (χ1v) is 21.8. The molecule has 0 aliphatic carbocycles. The summed E-state index contributed by atoms with van der Waals surface area (Å²) in [4.78, 5) is 25.1. The third-order valence-electron chi connectivity index (χ3n) is 9.85. The number of anilines is 1. The summed E-state index contributed by atoms with van der Waals surface area (Å²) >= 11 is 0. The van der Waals surface area contributed by atoms with E-state index in [2.05, 4.69) is 39.2 Å². The molecule has 0 aliphatic heterocycles. The van der Waals surface area contributed by atoms with Gasteiger partial charge in [0.2, 0.25) is 0 Å². The van der Waals surface area contributed by atoms with Crippen LogP contribution in [0.5, 0.6) is 11.5 Å². The SMILES string of the molecule is CCCCCCCCCCCCCCCCCCC(=O)OCCN(CC)c1ccc(N=Nc2cc(OCCN)c(N=Nc3ccc([N+](=O)[O-])cc3)cc2OCCN)cc1. The Labute approximate surface area is 351 Å². The highest BCUT2D eigenvalue weighted by Crippen LogP contribution is 2.41. The maximum Gasteiger partial charge on any atom is 0.305 e. The zero-order valence-electron chi connectivity index (χ0n) is 35.5. The average Bonchev–Trinajstić information content (AvgIpc) is 3.25. The molecule has 3 aromatic rings. The van der Waals surface area contributed by atoms with Crippen molar-refractivity contribution in [3.63, 3.8) is 0 Å². The van der Waals surface area contributed by atoms with Gasteiger partial charge in [0.15, 0.2) is 0 Å². The van der Waals surface area contributed by atoms with Crippen LogP contribution in [0.4, 0.5) is 34.1 Å².